The lowest BCUT2D eigenvalue weighted by Gasteiger charge is -2.28. The zero-order valence-electron chi connectivity index (χ0n) is 27.5. The van der Waals surface area contributed by atoms with E-state index in [1.807, 2.05) is 66.7 Å². The molecule has 1 aliphatic rings. The summed E-state index contributed by atoms with van der Waals surface area (Å²) < 4.78 is 0. The molecule has 0 bridgehead atoms. The lowest BCUT2D eigenvalue weighted by Crippen LogP contribution is -2.40. The maximum absolute atomic E-state index is 13.9. The predicted octanol–water partition coefficient (Wildman–Crippen LogP) is 10.5. The van der Waals surface area contributed by atoms with Gasteiger partial charge in [-0.2, -0.15) is 0 Å². The zero-order valence-corrected chi connectivity index (χ0v) is 27.5. The maximum Gasteiger partial charge on any atom is 0.265 e. The number of nitrogens with zero attached hydrogens (tertiary/aromatic N) is 1. The van der Waals surface area contributed by atoms with E-state index in [-0.39, 0.29) is 23.4 Å². The summed E-state index contributed by atoms with van der Waals surface area (Å²) in [6.07, 6.45) is 4.60. The molecule has 10 rings (SSSR count). The summed E-state index contributed by atoms with van der Waals surface area (Å²) in [5, 5.41) is 13.6. The maximum atomic E-state index is 13.9. The molecule has 50 heavy (non-hydrogen) atoms. The summed E-state index contributed by atoms with van der Waals surface area (Å²) in [7, 11) is 0. The van der Waals surface area contributed by atoms with E-state index in [1.54, 1.807) is 32.9 Å². The van der Waals surface area contributed by atoms with E-state index < -0.39 is 0 Å². The lowest BCUT2D eigenvalue weighted by atomic mass is 9.81. The molecule has 0 aliphatic carbocycles. The number of ketones is 2. The Balaban J connectivity index is 0.00000109. The SMILES string of the molecule is C#CC.CC(=O)c1ccc2c3ccc4c5ccc6c7c(ccc(c8ccc(c9ccc(C(C)=O)c1c29)c3c48)c75)C(=O)N(c1ccccc1)C6=O. The summed E-state index contributed by atoms with van der Waals surface area (Å²) in [6.45, 7) is 4.74. The van der Waals surface area contributed by atoms with Crippen LogP contribution in [0.3, 0.4) is 0 Å². The fourth-order valence-corrected chi connectivity index (χ4v) is 8.37. The number of carbonyl (C=O) groups is 4. The minimum atomic E-state index is -0.326. The summed E-state index contributed by atoms with van der Waals surface area (Å²) in [5.41, 5.74) is 2.68. The Hall–Kier alpha value is -6.64. The molecule has 1 heterocycles. The number of anilines is 1. The van der Waals surface area contributed by atoms with Crippen molar-refractivity contribution in [2.75, 3.05) is 4.90 Å². The van der Waals surface area contributed by atoms with E-state index in [4.69, 9.17) is 0 Å². The number of imide groups is 1. The Labute approximate surface area is 286 Å². The van der Waals surface area contributed by atoms with Gasteiger partial charge in [-0.05, 0) is 110 Å². The minimum Gasteiger partial charge on any atom is -0.294 e. The molecule has 0 radical (unpaired) electrons. The van der Waals surface area contributed by atoms with E-state index in [1.165, 1.54) is 4.90 Å². The highest BCUT2D eigenvalue weighted by Crippen LogP contribution is 2.49. The van der Waals surface area contributed by atoms with Crippen LogP contribution in [0.2, 0.25) is 0 Å². The van der Waals surface area contributed by atoms with Crippen LogP contribution in [0.25, 0.3) is 75.4 Å². The van der Waals surface area contributed by atoms with E-state index in [0.29, 0.717) is 38.7 Å². The highest BCUT2D eigenvalue weighted by Gasteiger charge is 2.35. The van der Waals surface area contributed by atoms with E-state index in [2.05, 4.69) is 36.6 Å². The number of rotatable bonds is 3. The summed E-state index contributed by atoms with van der Waals surface area (Å²) in [4.78, 5) is 54.7. The first-order valence-corrected chi connectivity index (χ1v) is 16.4. The Morgan fingerprint density at radius 1 is 0.480 bits per heavy atom. The first-order valence-electron chi connectivity index (χ1n) is 16.4. The summed E-state index contributed by atoms with van der Waals surface area (Å²) in [6, 6.07) is 33.1. The molecule has 0 unspecified atom stereocenters. The standard InChI is InChI=1S/C42H23NO4.C3H4/c1-20(44)23-8-10-25-27-12-14-29-31-16-18-33-40-34(42(47)43(41(33)46)22-6-4-3-5-7-22)19-17-32(39(31)40)30-15-13-28(37(27)38(29)30)26-11-9-24(21(2)45)35(23)36(25)26;1-3-2/h3-19H,1-2H3;1H,2H3. The van der Waals surface area contributed by atoms with Gasteiger partial charge >= 0.3 is 0 Å². The van der Waals surface area contributed by atoms with Gasteiger partial charge in [-0.3, -0.25) is 19.2 Å². The van der Waals surface area contributed by atoms with Crippen molar-refractivity contribution in [3.63, 3.8) is 0 Å². The summed E-state index contributed by atoms with van der Waals surface area (Å²) in [5.74, 6) is 1.45. The Kier molecular flexibility index (Phi) is 6.15. The molecule has 236 valence electrons. The second-order valence-corrected chi connectivity index (χ2v) is 12.9. The van der Waals surface area contributed by atoms with Crippen molar-refractivity contribution >= 4 is 104 Å². The van der Waals surface area contributed by atoms with Gasteiger partial charge in [0.05, 0.1) is 5.69 Å². The molecule has 9 aromatic rings. The number of carbonyl (C=O) groups excluding carboxylic acids is 4. The normalized spacial score (nSPS) is 12.9. The van der Waals surface area contributed by atoms with Crippen LogP contribution >= 0.6 is 0 Å². The van der Waals surface area contributed by atoms with Crippen molar-refractivity contribution in [1.82, 2.24) is 0 Å². The van der Waals surface area contributed by atoms with Crippen LogP contribution in [0.4, 0.5) is 5.69 Å². The third-order valence-electron chi connectivity index (χ3n) is 10.3. The highest BCUT2D eigenvalue weighted by molar-refractivity contribution is 6.46. The monoisotopic (exact) mass is 645 g/mol. The lowest BCUT2D eigenvalue weighted by molar-refractivity contribution is 0.0891. The van der Waals surface area contributed by atoms with Gasteiger partial charge in [-0.1, -0.05) is 78.9 Å². The van der Waals surface area contributed by atoms with Crippen molar-refractivity contribution in [2.45, 2.75) is 20.8 Å². The van der Waals surface area contributed by atoms with Crippen LogP contribution in [-0.4, -0.2) is 23.4 Å². The first-order chi connectivity index (χ1) is 24.3. The van der Waals surface area contributed by atoms with Crippen LogP contribution in [-0.2, 0) is 0 Å². The van der Waals surface area contributed by atoms with Gasteiger partial charge < -0.3 is 0 Å². The topological polar surface area (TPSA) is 71.5 Å². The molecule has 0 saturated heterocycles. The van der Waals surface area contributed by atoms with Crippen molar-refractivity contribution in [1.29, 1.82) is 0 Å². The number of amides is 2. The van der Waals surface area contributed by atoms with Gasteiger partial charge in [0.1, 0.15) is 0 Å². The average Bonchev–Trinajstić information content (AvgIpc) is 3.12. The molecule has 1 aliphatic heterocycles. The van der Waals surface area contributed by atoms with Gasteiger partial charge in [-0.15, -0.1) is 12.3 Å². The summed E-state index contributed by atoms with van der Waals surface area (Å²) >= 11 is 0. The van der Waals surface area contributed by atoms with Gasteiger partial charge in [-0.25, -0.2) is 4.90 Å². The molecular weight excluding hydrogens is 618 g/mol. The second-order valence-electron chi connectivity index (χ2n) is 12.9. The second kappa shape index (κ2) is 10.4. The van der Waals surface area contributed by atoms with Crippen molar-refractivity contribution in [2.24, 2.45) is 0 Å². The Morgan fingerprint density at radius 2 is 0.800 bits per heavy atom. The predicted molar refractivity (Wildman–Crippen MR) is 203 cm³/mol. The minimum absolute atomic E-state index is 0.0762. The average molecular weight is 646 g/mol. The third-order valence-corrected chi connectivity index (χ3v) is 10.3. The Morgan fingerprint density at radius 3 is 1.18 bits per heavy atom. The van der Waals surface area contributed by atoms with Crippen LogP contribution in [0, 0.1) is 12.3 Å². The number of terminal acetylenes is 1. The van der Waals surface area contributed by atoms with Crippen LogP contribution < -0.4 is 4.90 Å². The van der Waals surface area contributed by atoms with Gasteiger partial charge in [0.15, 0.2) is 11.6 Å². The van der Waals surface area contributed by atoms with Crippen molar-refractivity contribution < 1.29 is 19.2 Å². The quantitative estimate of drug-likeness (QED) is 0.0630. The zero-order chi connectivity index (χ0) is 34.6. The molecule has 9 aromatic carbocycles. The fourth-order valence-electron chi connectivity index (χ4n) is 8.37. The molecular formula is C45H27NO4. The fraction of sp³-hybridized carbons (Fsp3) is 0.0667. The number of benzene rings is 9. The molecule has 0 saturated carbocycles. The molecule has 0 N–H and O–H groups in total. The van der Waals surface area contributed by atoms with E-state index >= 15 is 0 Å². The van der Waals surface area contributed by atoms with Gasteiger partial charge in [0.25, 0.3) is 11.8 Å². The van der Waals surface area contributed by atoms with Crippen LogP contribution in [0.5, 0.6) is 0 Å². The molecule has 0 atom stereocenters. The number of hydrogen-bond acceptors (Lipinski definition) is 4. The molecule has 5 nitrogen and oxygen atoms in total. The number of Topliss-reactive ketones (excluding diaryl/α,β-unsaturated/α-hetero) is 2. The molecule has 0 fully saturated rings. The van der Waals surface area contributed by atoms with E-state index in [9.17, 15) is 19.2 Å². The Bertz CT molecular complexity index is 2870. The molecule has 0 aromatic heterocycles. The van der Waals surface area contributed by atoms with Crippen LogP contribution in [0.15, 0.2) is 103 Å². The van der Waals surface area contributed by atoms with Crippen LogP contribution in [0.1, 0.15) is 62.2 Å². The third kappa shape index (κ3) is 3.68. The number of hydrogen-bond donors (Lipinski definition) is 0. The van der Waals surface area contributed by atoms with Crippen molar-refractivity contribution in [3.8, 4) is 12.3 Å². The first kappa shape index (κ1) is 29.5. The molecule has 0 spiro atoms. The molecule has 5 heteroatoms. The van der Waals surface area contributed by atoms with E-state index in [0.717, 1.165) is 64.6 Å². The number of para-hydroxylation sites is 1. The van der Waals surface area contributed by atoms with Crippen molar-refractivity contribution in [3.05, 3.63) is 125 Å². The van der Waals surface area contributed by atoms with Gasteiger partial charge in [0, 0.05) is 33.0 Å². The smallest absolute Gasteiger partial charge is 0.265 e. The highest BCUT2D eigenvalue weighted by atomic mass is 16.2. The van der Waals surface area contributed by atoms with Gasteiger partial charge in [0.2, 0.25) is 0 Å². The molecule has 2 amide bonds. The number of fused-ring (bicyclic) bond motifs is 4. The largest absolute Gasteiger partial charge is 0.294 e.